The Morgan fingerprint density at radius 3 is 2.26 bits per heavy atom. The van der Waals surface area contributed by atoms with Crippen LogP contribution >= 0.6 is 0 Å². The first kappa shape index (κ1) is 12.4. The molecule has 0 radical (unpaired) electrons. The Hall–Kier alpha value is -1.67. The zero-order valence-corrected chi connectivity index (χ0v) is 11.2. The van der Waals surface area contributed by atoms with Crippen LogP contribution in [0.25, 0.3) is 11.1 Å². The average Bonchev–Trinajstić information content (AvgIpc) is 2.46. The van der Waals surface area contributed by atoms with E-state index in [1.165, 1.54) is 16.7 Å². The van der Waals surface area contributed by atoms with Gasteiger partial charge in [-0.05, 0) is 47.1 Å². The second kappa shape index (κ2) is 5.14. The molecule has 1 aliphatic carbocycles. The lowest BCUT2D eigenvalue weighted by Gasteiger charge is -2.41. The van der Waals surface area contributed by atoms with Crippen LogP contribution in [0, 0.1) is 5.92 Å². The molecule has 0 bridgehead atoms. The van der Waals surface area contributed by atoms with Crippen LogP contribution in [0.5, 0.6) is 0 Å². The third-order valence-electron chi connectivity index (χ3n) is 4.33. The minimum Gasteiger partial charge on any atom is -0.393 e. The van der Waals surface area contributed by atoms with Gasteiger partial charge in [-0.1, -0.05) is 37.6 Å². The summed E-state index contributed by atoms with van der Waals surface area (Å²) >= 11 is 0. The molecule has 2 aromatic rings. The van der Waals surface area contributed by atoms with E-state index in [1.54, 1.807) is 0 Å². The van der Waals surface area contributed by atoms with Crippen LogP contribution in [-0.4, -0.2) is 16.2 Å². The Labute approximate surface area is 114 Å². The van der Waals surface area contributed by atoms with E-state index in [2.05, 4.69) is 36.2 Å². The molecule has 1 N–H and O–H groups in total. The van der Waals surface area contributed by atoms with E-state index >= 15 is 0 Å². The molecule has 98 valence electrons. The Bertz CT molecular complexity index is 535. The van der Waals surface area contributed by atoms with Crippen molar-refractivity contribution in [1.29, 1.82) is 0 Å². The maximum atomic E-state index is 9.77. The summed E-state index contributed by atoms with van der Waals surface area (Å²) in [5, 5.41) is 9.77. The van der Waals surface area contributed by atoms with Gasteiger partial charge < -0.3 is 5.11 Å². The smallest absolute Gasteiger partial charge is 0.0580 e. The van der Waals surface area contributed by atoms with Gasteiger partial charge in [-0.15, -0.1) is 0 Å². The number of aromatic nitrogens is 1. The summed E-state index contributed by atoms with van der Waals surface area (Å²) in [5.74, 6) is 0.971. The molecule has 3 atom stereocenters. The normalized spacial score (nSPS) is 25.9. The largest absolute Gasteiger partial charge is 0.393 e. The van der Waals surface area contributed by atoms with E-state index in [-0.39, 0.29) is 6.10 Å². The van der Waals surface area contributed by atoms with Crippen molar-refractivity contribution in [2.45, 2.75) is 31.8 Å². The molecular weight excluding hydrogens is 234 g/mol. The first-order valence-corrected chi connectivity index (χ1v) is 6.98. The summed E-state index contributed by atoms with van der Waals surface area (Å²) in [7, 11) is 0. The molecule has 0 saturated heterocycles. The Kier molecular flexibility index (Phi) is 3.34. The summed E-state index contributed by atoms with van der Waals surface area (Å²) < 4.78 is 0. The standard InChI is InChI=1S/C17H19NO/c1-2-15-16(11-17(15)19)14-5-3-12(4-6-14)13-7-9-18-10-8-13/h3-10,15-17,19H,2,11H2,1H3. The van der Waals surface area contributed by atoms with Crippen molar-refractivity contribution in [1.82, 2.24) is 4.98 Å². The molecule has 0 amide bonds. The van der Waals surface area contributed by atoms with Crippen molar-refractivity contribution in [2.24, 2.45) is 5.92 Å². The molecule has 2 nitrogen and oxygen atoms in total. The van der Waals surface area contributed by atoms with Crippen LogP contribution in [0.15, 0.2) is 48.8 Å². The first-order valence-electron chi connectivity index (χ1n) is 6.98. The molecule has 19 heavy (non-hydrogen) atoms. The van der Waals surface area contributed by atoms with Gasteiger partial charge in [0.15, 0.2) is 0 Å². The number of aliphatic hydroxyl groups excluding tert-OH is 1. The molecule has 1 aliphatic rings. The van der Waals surface area contributed by atoms with Crippen molar-refractivity contribution in [3.63, 3.8) is 0 Å². The summed E-state index contributed by atoms with van der Waals surface area (Å²) in [5.41, 5.74) is 3.77. The van der Waals surface area contributed by atoms with Gasteiger partial charge >= 0.3 is 0 Å². The van der Waals surface area contributed by atoms with Gasteiger partial charge in [0.25, 0.3) is 0 Å². The number of benzene rings is 1. The quantitative estimate of drug-likeness (QED) is 0.906. The highest BCUT2D eigenvalue weighted by molar-refractivity contribution is 5.63. The lowest BCUT2D eigenvalue weighted by molar-refractivity contribution is -0.000720. The molecule has 0 spiro atoms. The highest BCUT2D eigenvalue weighted by Crippen LogP contribution is 2.44. The van der Waals surface area contributed by atoms with Crippen LogP contribution in [-0.2, 0) is 0 Å². The highest BCUT2D eigenvalue weighted by atomic mass is 16.3. The molecule has 1 saturated carbocycles. The third-order valence-corrected chi connectivity index (χ3v) is 4.33. The lowest BCUT2D eigenvalue weighted by atomic mass is 9.66. The van der Waals surface area contributed by atoms with Crippen LogP contribution in [0.4, 0.5) is 0 Å². The fraction of sp³-hybridized carbons (Fsp3) is 0.353. The van der Waals surface area contributed by atoms with Crippen molar-refractivity contribution < 1.29 is 5.11 Å². The van der Waals surface area contributed by atoms with E-state index < -0.39 is 0 Å². The second-order valence-electron chi connectivity index (χ2n) is 5.34. The average molecular weight is 253 g/mol. The summed E-state index contributed by atoms with van der Waals surface area (Å²) in [6.07, 6.45) is 5.50. The van der Waals surface area contributed by atoms with Crippen LogP contribution < -0.4 is 0 Å². The Balaban J connectivity index is 1.80. The lowest BCUT2D eigenvalue weighted by Crippen LogP contribution is -2.38. The van der Waals surface area contributed by atoms with E-state index in [9.17, 15) is 5.11 Å². The minimum atomic E-state index is -0.102. The fourth-order valence-corrected chi connectivity index (χ4v) is 3.09. The van der Waals surface area contributed by atoms with E-state index in [0.717, 1.165) is 12.8 Å². The molecule has 1 heterocycles. The van der Waals surface area contributed by atoms with Crippen molar-refractivity contribution in [3.05, 3.63) is 54.4 Å². The van der Waals surface area contributed by atoms with Crippen molar-refractivity contribution >= 4 is 0 Å². The highest BCUT2D eigenvalue weighted by Gasteiger charge is 2.39. The van der Waals surface area contributed by atoms with Gasteiger partial charge in [-0.25, -0.2) is 0 Å². The van der Waals surface area contributed by atoms with Gasteiger partial charge in [-0.2, -0.15) is 0 Å². The zero-order chi connectivity index (χ0) is 13.2. The third kappa shape index (κ3) is 2.28. The second-order valence-corrected chi connectivity index (χ2v) is 5.34. The fourth-order valence-electron chi connectivity index (χ4n) is 3.09. The van der Waals surface area contributed by atoms with Gasteiger partial charge in [0.1, 0.15) is 0 Å². The molecular formula is C17H19NO. The SMILES string of the molecule is CCC1C(O)CC1c1ccc(-c2ccncc2)cc1. The molecule has 0 aliphatic heterocycles. The number of hydrogen-bond donors (Lipinski definition) is 1. The number of aliphatic hydroxyl groups is 1. The van der Waals surface area contributed by atoms with Crippen molar-refractivity contribution in [2.75, 3.05) is 0 Å². The predicted molar refractivity (Wildman–Crippen MR) is 76.8 cm³/mol. The van der Waals surface area contributed by atoms with Gasteiger partial charge in [-0.3, -0.25) is 4.98 Å². The van der Waals surface area contributed by atoms with E-state index in [1.807, 2.05) is 24.5 Å². The number of hydrogen-bond acceptors (Lipinski definition) is 2. The maximum absolute atomic E-state index is 9.77. The summed E-state index contributed by atoms with van der Waals surface area (Å²) in [4.78, 5) is 4.04. The van der Waals surface area contributed by atoms with E-state index in [4.69, 9.17) is 0 Å². The van der Waals surface area contributed by atoms with E-state index in [0.29, 0.717) is 11.8 Å². The van der Waals surface area contributed by atoms with Gasteiger partial charge in [0, 0.05) is 12.4 Å². The number of rotatable bonds is 3. The number of nitrogens with zero attached hydrogens (tertiary/aromatic N) is 1. The summed E-state index contributed by atoms with van der Waals surface area (Å²) in [6, 6.07) is 12.8. The zero-order valence-electron chi connectivity index (χ0n) is 11.2. The van der Waals surface area contributed by atoms with Crippen LogP contribution in [0.2, 0.25) is 0 Å². The van der Waals surface area contributed by atoms with Gasteiger partial charge in [0.05, 0.1) is 6.10 Å². The molecule has 1 aromatic carbocycles. The molecule has 1 fully saturated rings. The number of pyridine rings is 1. The molecule has 1 aromatic heterocycles. The molecule has 2 heteroatoms. The first-order chi connectivity index (χ1) is 9.29. The van der Waals surface area contributed by atoms with Gasteiger partial charge in [0.2, 0.25) is 0 Å². The summed E-state index contributed by atoms with van der Waals surface area (Å²) in [6.45, 7) is 2.16. The van der Waals surface area contributed by atoms with Crippen molar-refractivity contribution in [3.8, 4) is 11.1 Å². The Morgan fingerprint density at radius 2 is 1.68 bits per heavy atom. The van der Waals surface area contributed by atoms with Crippen LogP contribution in [0.3, 0.4) is 0 Å². The van der Waals surface area contributed by atoms with Crippen LogP contribution in [0.1, 0.15) is 31.2 Å². The monoisotopic (exact) mass is 253 g/mol. The Morgan fingerprint density at radius 1 is 1.05 bits per heavy atom. The topological polar surface area (TPSA) is 33.1 Å². The molecule has 3 unspecified atom stereocenters. The maximum Gasteiger partial charge on any atom is 0.0580 e. The minimum absolute atomic E-state index is 0.102. The predicted octanol–water partition coefficient (Wildman–Crippen LogP) is 3.62. The molecule has 3 rings (SSSR count).